The molecule has 0 saturated heterocycles. The normalized spacial score (nSPS) is 11.8. The van der Waals surface area contributed by atoms with Crippen molar-refractivity contribution in [3.63, 3.8) is 0 Å². The molecule has 1 aromatic heterocycles. The molecule has 9 heteroatoms. The number of nitrogens with zero attached hydrogens (tertiary/aromatic N) is 2. The summed E-state index contributed by atoms with van der Waals surface area (Å²) in [5.41, 5.74) is -2.37. The lowest BCUT2D eigenvalue weighted by atomic mass is 9.85. The van der Waals surface area contributed by atoms with Crippen LogP contribution in [0.2, 0.25) is 5.02 Å². The van der Waals surface area contributed by atoms with Crippen molar-refractivity contribution in [3.05, 3.63) is 50.8 Å². The highest BCUT2D eigenvalue weighted by Crippen LogP contribution is 2.33. The molecule has 2 rings (SSSR count). The second-order valence-electron chi connectivity index (χ2n) is 6.91. The summed E-state index contributed by atoms with van der Waals surface area (Å²) in [6.07, 6.45) is 0. The number of rotatable bonds is 3. The van der Waals surface area contributed by atoms with Crippen molar-refractivity contribution < 1.29 is 22.4 Å². The molecular weight excluding hydrogens is 374 g/mol. The van der Waals surface area contributed by atoms with Crippen molar-refractivity contribution in [1.29, 1.82) is 0 Å². The monoisotopic (exact) mass is 391 g/mol. The number of hydrogen-bond acceptors (Lipinski definition) is 2. The highest BCUT2D eigenvalue weighted by molar-refractivity contribution is 6.34. The lowest BCUT2D eigenvalue weighted by molar-refractivity contribution is 0.0940. The molecule has 4 nitrogen and oxygen atoms in total. The average molecular weight is 392 g/mol. The summed E-state index contributed by atoms with van der Waals surface area (Å²) in [5.74, 6) is -6.81. The minimum absolute atomic E-state index is 0.0303. The predicted molar refractivity (Wildman–Crippen MR) is 89.1 cm³/mol. The summed E-state index contributed by atoms with van der Waals surface area (Å²) in [6.45, 7) is 5.12. The van der Waals surface area contributed by atoms with Crippen molar-refractivity contribution in [1.82, 2.24) is 15.1 Å². The van der Waals surface area contributed by atoms with E-state index < -0.39 is 52.3 Å². The number of amides is 1. The fraction of sp³-hybridized carbons (Fsp3) is 0.412. The van der Waals surface area contributed by atoms with E-state index in [1.165, 1.54) is 32.5 Å². The Bertz CT molecular complexity index is 858. The molecule has 0 radical (unpaired) electrons. The maximum atomic E-state index is 14.3. The topological polar surface area (TPSA) is 46.9 Å². The van der Waals surface area contributed by atoms with Crippen LogP contribution in [0.1, 0.15) is 48.1 Å². The van der Waals surface area contributed by atoms with Crippen LogP contribution in [0.5, 0.6) is 0 Å². The van der Waals surface area contributed by atoms with Crippen LogP contribution in [0.15, 0.2) is 0 Å². The molecule has 26 heavy (non-hydrogen) atoms. The van der Waals surface area contributed by atoms with Crippen molar-refractivity contribution in [3.8, 4) is 0 Å². The van der Waals surface area contributed by atoms with E-state index in [0.717, 1.165) is 0 Å². The van der Waals surface area contributed by atoms with E-state index in [1.54, 1.807) is 6.92 Å². The van der Waals surface area contributed by atoms with Gasteiger partial charge >= 0.3 is 0 Å². The van der Waals surface area contributed by atoms with Crippen molar-refractivity contribution in [2.75, 3.05) is 0 Å². The quantitative estimate of drug-likeness (QED) is 0.630. The van der Waals surface area contributed by atoms with Crippen LogP contribution in [0.25, 0.3) is 0 Å². The van der Waals surface area contributed by atoms with Crippen LogP contribution >= 0.6 is 11.6 Å². The standard InChI is InChI=1S/C17H18ClF4N3O/c1-7-10(18)15(25(5)24-7)16(26)23-6-8-11(19)13(21)9(17(2,3)4)14(22)12(8)20/h6H2,1-5H3,(H,23,26). The number of hydrogen-bond donors (Lipinski definition) is 1. The van der Waals surface area contributed by atoms with Crippen molar-refractivity contribution in [2.45, 2.75) is 39.7 Å². The van der Waals surface area contributed by atoms with Crippen LogP contribution in [0.3, 0.4) is 0 Å². The highest BCUT2D eigenvalue weighted by Gasteiger charge is 2.32. The molecule has 0 bridgehead atoms. The van der Waals surface area contributed by atoms with E-state index in [1.807, 2.05) is 0 Å². The van der Waals surface area contributed by atoms with Crippen LogP contribution in [-0.2, 0) is 19.0 Å². The van der Waals surface area contributed by atoms with Gasteiger partial charge in [-0.1, -0.05) is 32.4 Å². The van der Waals surface area contributed by atoms with Crippen molar-refractivity contribution >= 4 is 17.5 Å². The third-order valence-corrected chi connectivity index (χ3v) is 4.35. The van der Waals surface area contributed by atoms with Gasteiger partial charge in [-0.2, -0.15) is 5.10 Å². The molecule has 0 aliphatic heterocycles. The van der Waals surface area contributed by atoms with Crippen LogP contribution in [0.4, 0.5) is 17.6 Å². The number of carbonyl (C=O) groups is 1. The Morgan fingerprint density at radius 2 is 1.62 bits per heavy atom. The molecule has 0 aliphatic rings. The number of aromatic nitrogens is 2. The van der Waals surface area contributed by atoms with E-state index in [0.29, 0.717) is 5.69 Å². The molecule has 1 aromatic carbocycles. The fourth-order valence-electron chi connectivity index (χ4n) is 2.62. The zero-order valence-corrected chi connectivity index (χ0v) is 15.7. The molecule has 0 fully saturated rings. The third-order valence-electron chi connectivity index (χ3n) is 3.89. The Morgan fingerprint density at radius 3 is 2.00 bits per heavy atom. The Kier molecular flexibility index (Phi) is 5.37. The summed E-state index contributed by atoms with van der Waals surface area (Å²) in [6, 6.07) is 0. The maximum absolute atomic E-state index is 14.3. The summed E-state index contributed by atoms with van der Waals surface area (Å²) in [5, 5.41) is 6.23. The van der Waals surface area contributed by atoms with E-state index in [-0.39, 0.29) is 10.7 Å². The third kappa shape index (κ3) is 3.42. The molecule has 2 aromatic rings. The average Bonchev–Trinajstić information content (AvgIpc) is 2.76. The zero-order chi connectivity index (χ0) is 20.0. The number of benzene rings is 1. The molecule has 0 saturated carbocycles. The van der Waals surface area contributed by atoms with Crippen molar-refractivity contribution in [2.24, 2.45) is 7.05 Å². The van der Waals surface area contributed by atoms with Gasteiger partial charge in [-0.15, -0.1) is 0 Å². The van der Waals surface area contributed by atoms with Gasteiger partial charge in [0.2, 0.25) is 0 Å². The Balaban J connectivity index is 2.38. The van der Waals surface area contributed by atoms with Gasteiger partial charge in [0.25, 0.3) is 5.91 Å². The molecule has 0 atom stereocenters. The van der Waals surface area contributed by atoms with E-state index in [2.05, 4.69) is 10.4 Å². The van der Waals surface area contributed by atoms with Gasteiger partial charge in [0.15, 0.2) is 23.3 Å². The van der Waals surface area contributed by atoms with E-state index >= 15 is 0 Å². The van der Waals surface area contributed by atoms with Gasteiger partial charge in [0.05, 0.1) is 10.7 Å². The van der Waals surface area contributed by atoms with Crippen LogP contribution in [0, 0.1) is 30.2 Å². The fourth-order valence-corrected chi connectivity index (χ4v) is 2.87. The molecule has 0 spiro atoms. The first-order valence-corrected chi connectivity index (χ1v) is 8.08. The number of carbonyl (C=O) groups excluding carboxylic acids is 1. The number of halogens is 5. The van der Waals surface area contributed by atoms with Gasteiger partial charge in [0, 0.05) is 24.7 Å². The van der Waals surface area contributed by atoms with Crippen LogP contribution in [-0.4, -0.2) is 15.7 Å². The minimum atomic E-state index is -1.54. The SMILES string of the molecule is Cc1nn(C)c(C(=O)NCc2c(F)c(F)c(C(C)(C)C)c(F)c2F)c1Cl. The van der Waals surface area contributed by atoms with E-state index in [9.17, 15) is 22.4 Å². The molecule has 1 amide bonds. The highest BCUT2D eigenvalue weighted by atomic mass is 35.5. The smallest absolute Gasteiger partial charge is 0.271 e. The molecule has 142 valence electrons. The minimum Gasteiger partial charge on any atom is -0.346 e. The lowest BCUT2D eigenvalue weighted by Crippen LogP contribution is -2.28. The summed E-state index contributed by atoms with van der Waals surface area (Å²) in [4.78, 5) is 12.2. The van der Waals surface area contributed by atoms with Gasteiger partial charge in [-0.25, -0.2) is 17.6 Å². The van der Waals surface area contributed by atoms with Gasteiger partial charge in [0.1, 0.15) is 5.69 Å². The summed E-state index contributed by atoms with van der Waals surface area (Å²) >= 11 is 5.96. The molecule has 1 heterocycles. The predicted octanol–water partition coefficient (Wildman–Crippen LogP) is 4.17. The molecular formula is C17H18ClF4N3O. The Morgan fingerprint density at radius 1 is 1.12 bits per heavy atom. The second-order valence-corrected chi connectivity index (χ2v) is 7.29. The lowest BCUT2D eigenvalue weighted by Gasteiger charge is -2.22. The van der Waals surface area contributed by atoms with Gasteiger partial charge in [-0.3, -0.25) is 9.48 Å². The van der Waals surface area contributed by atoms with Crippen LogP contribution < -0.4 is 5.32 Å². The maximum Gasteiger partial charge on any atom is 0.271 e. The molecule has 1 N–H and O–H groups in total. The first-order chi connectivity index (χ1) is 11.9. The second kappa shape index (κ2) is 6.90. The summed E-state index contributed by atoms with van der Waals surface area (Å²) in [7, 11) is 1.46. The Labute approximate surface area is 153 Å². The summed E-state index contributed by atoms with van der Waals surface area (Å²) < 4.78 is 58.2. The number of aryl methyl sites for hydroxylation is 2. The Hall–Kier alpha value is -2.09. The first kappa shape index (κ1) is 20.2. The van der Waals surface area contributed by atoms with Gasteiger partial charge < -0.3 is 5.32 Å². The molecule has 0 aliphatic carbocycles. The largest absolute Gasteiger partial charge is 0.346 e. The zero-order valence-electron chi connectivity index (χ0n) is 14.9. The van der Waals surface area contributed by atoms with Gasteiger partial charge in [-0.05, 0) is 12.3 Å². The number of nitrogens with one attached hydrogen (secondary N) is 1. The first-order valence-electron chi connectivity index (χ1n) is 7.70. The van der Waals surface area contributed by atoms with E-state index in [4.69, 9.17) is 11.6 Å². The molecule has 0 unspecified atom stereocenters.